The summed E-state index contributed by atoms with van der Waals surface area (Å²) in [6, 6.07) is 14.8. The quantitative estimate of drug-likeness (QED) is 0.859. The zero-order chi connectivity index (χ0) is 16.8. The fourth-order valence-corrected chi connectivity index (χ4v) is 2.33. The minimum Gasteiger partial charge on any atom is -0.325 e. The fraction of sp³-hybridized carbons (Fsp3) is 0.263. The highest BCUT2D eigenvalue weighted by molar-refractivity contribution is 6.10. The van der Waals surface area contributed by atoms with Crippen LogP contribution in [0.15, 0.2) is 48.5 Å². The van der Waals surface area contributed by atoms with Crippen LogP contribution >= 0.6 is 0 Å². The van der Waals surface area contributed by atoms with E-state index in [4.69, 9.17) is 0 Å². The largest absolute Gasteiger partial charge is 0.325 e. The Balaban J connectivity index is 2.27. The average Bonchev–Trinajstić information content (AvgIpc) is 2.55. The Kier molecular flexibility index (Phi) is 5.52. The maximum absolute atomic E-state index is 12.6. The highest BCUT2D eigenvalue weighted by Gasteiger charge is 2.14. The van der Waals surface area contributed by atoms with Crippen LogP contribution in [0.1, 0.15) is 49.0 Å². The van der Waals surface area contributed by atoms with Gasteiger partial charge in [-0.2, -0.15) is 0 Å². The van der Waals surface area contributed by atoms with Gasteiger partial charge < -0.3 is 10.6 Å². The molecule has 0 saturated heterocycles. The molecule has 4 heteroatoms. The third kappa shape index (κ3) is 4.19. The van der Waals surface area contributed by atoms with Crippen LogP contribution in [0, 0.1) is 0 Å². The van der Waals surface area contributed by atoms with Crippen LogP contribution in [-0.4, -0.2) is 11.8 Å². The maximum Gasteiger partial charge on any atom is 0.257 e. The van der Waals surface area contributed by atoms with Crippen molar-refractivity contribution in [3.05, 3.63) is 59.7 Å². The first-order chi connectivity index (χ1) is 11.0. The number of amides is 2. The van der Waals surface area contributed by atoms with Crippen molar-refractivity contribution in [2.45, 2.75) is 33.1 Å². The van der Waals surface area contributed by atoms with E-state index in [1.807, 2.05) is 24.3 Å². The van der Waals surface area contributed by atoms with Crippen LogP contribution in [0.25, 0.3) is 0 Å². The monoisotopic (exact) mass is 310 g/mol. The van der Waals surface area contributed by atoms with Crippen LogP contribution in [-0.2, 0) is 4.79 Å². The number of carbonyl (C=O) groups excluding carboxylic acids is 2. The molecule has 2 amide bonds. The van der Waals surface area contributed by atoms with Gasteiger partial charge in [0.2, 0.25) is 5.91 Å². The van der Waals surface area contributed by atoms with Gasteiger partial charge in [-0.25, -0.2) is 0 Å². The van der Waals surface area contributed by atoms with Gasteiger partial charge in [0.25, 0.3) is 5.91 Å². The molecule has 0 aliphatic carbocycles. The molecule has 0 heterocycles. The van der Waals surface area contributed by atoms with E-state index in [2.05, 4.69) is 24.5 Å². The second kappa shape index (κ2) is 7.58. The molecule has 2 N–H and O–H groups in total. The molecule has 0 saturated carbocycles. The van der Waals surface area contributed by atoms with E-state index in [9.17, 15) is 9.59 Å². The number of nitrogens with one attached hydrogen (secondary N) is 2. The smallest absolute Gasteiger partial charge is 0.257 e. The molecule has 2 aromatic carbocycles. The third-order valence-corrected chi connectivity index (χ3v) is 3.60. The number of para-hydroxylation sites is 2. The van der Waals surface area contributed by atoms with Crippen molar-refractivity contribution >= 4 is 23.2 Å². The van der Waals surface area contributed by atoms with Gasteiger partial charge in [0, 0.05) is 12.1 Å². The summed E-state index contributed by atoms with van der Waals surface area (Å²) >= 11 is 0. The van der Waals surface area contributed by atoms with E-state index in [1.54, 1.807) is 31.2 Å². The topological polar surface area (TPSA) is 58.2 Å². The Morgan fingerprint density at radius 3 is 2.17 bits per heavy atom. The summed E-state index contributed by atoms with van der Waals surface area (Å²) in [7, 11) is 0. The fourth-order valence-electron chi connectivity index (χ4n) is 2.33. The molecule has 0 unspecified atom stereocenters. The first kappa shape index (κ1) is 16.7. The van der Waals surface area contributed by atoms with Crippen molar-refractivity contribution < 1.29 is 9.59 Å². The van der Waals surface area contributed by atoms with Gasteiger partial charge in [0.15, 0.2) is 0 Å². The molecule has 0 fully saturated rings. The van der Waals surface area contributed by atoms with E-state index >= 15 is 0 Å². The molecular formula is C19H22N2O2. The third-order valence-electron chi connectivity index (χ3n) is 3.60. The standard InChI is InChI=1S/C19H22N2O2/c1-4-18(22)20-17-12-8-6-10-15(17)19(23)21-16-11-7-5-9-14(16)13(2)3/h5-13H,4H2,1-3H3,(H,20,22)(H,21,23). The van der Waals surface area contributed by atoms with E-state index in [0.29, 0.717) is 23.6 Å². The summed E-state index contributed by atoms with van der Waals surface area (Å²) in [4.78, 5) is 24.2. The number of hydrogen-bond acceptors (Lipinski definition) is 2. The molecule has 2 aromatic rings. The number of anilines is 2. The van der Waals surface area contributed by atoms with E-state index in [1.165, 1.54) is 0 Å². The zero-order valence-electron chi connectivity index (χ0n) is 13.7. The normalized spacial score (nSPS) is 10.4. The van der Waals surface area contributed by atoms with Gasteiger partial charge in [-0.05, 0) is 29.7 Å². The minimum atomic E-state index is -0.231. The van der Waals surface area contributed by atoms with Crippen LogP contribution in [0.3, 0.4) is 0 Å². The zero-order valence-corrected chi connectivity index (χ0v) is 13.7. The summed E-state index contributed by atoms with van der Waals surface area (Å²) < 4.78 is 0. The van der Waals surface area contributed by atoms with Crippen molar-refractivity contribution in [3.8, 4) is 0 Å². The van der Waals surface area contributed by atoms with Gasteiger partial charge in [-0.1, -0.05) is 51.1 Å². The van der Waals surface area contributed by atoms with Crippen LogP contribution in [0.4, 0.5) is 11.4 Å². The predicted molar refractivity (Wildman–Crippen MR) is 93.8 cm³/mol. The molecule has 0 spiro atoms. The van der Waals surface area contributed by atoms with Crippen molar-refractivity contribution in [1.82, 2.24) is 0 Å². The predicted octanol–water partition coefficient (Wildman–Crippen LogP) is 4.41. The maximum atomic E-state index is 12.6. The van der Waals surface area contributed by atoms with Crippen LogP contribution < -0.4 is 10.6 Å². The van der Waals surface area contributed by atoms with Crippen molar-refractivity contribution in [3.63, 3.8) is 0 Å². The second-order valence-electron chi connectivity index (χ2n) is 5.64. The molecule has 0 radical (unpaired) electrons. The Hall–Kier alpha value is -2.62. The lowest BCUT2D eigenvalue weighted by Crippen LogP contribution is -2.18. The lowest BCUT2D eigenvalue weighted by atomic mass is 10.0. The summed E-state index contributed by atoms with van der Waals surface area (Å²) in [5.74, 6) is -0.0422. The van der Waals surface area contributed by atoms with E-state index in [-0.39, 0.29) is 11.8 Å². The van der Waals surface area contributed by atoms with Gasteiger partial charge in [-0.15, -0.1) is 0 Å². The van der Waals surface area contributed by atoms with Crippen molar-refractivity contribution in [2.75, 3.05) is 10.6 Å². The van der Waals surface area contributed by atoms with Crippen LogP contribution in [0.5, 0.6) is 0 Å². The van der Waals surface area contributed by atoms with Crippen LogP contribution in [0.2, 0.25) is 0 Å². The number of benzene rings is 2. The first-order valence-corrected chi connectivity index (χ1v) is 7.82. The van der Waals surface area contributed by atoms with Crippen molar-refractivity contribution in [1.29, 1.82) is 0 Å². The lowest BCUT2D eigenvalue weighted by molar-refractivity contribution is -0.115. The molecule has 4 nitrogen and oxygen atoms in total. The Morgan fingerprint density at radius 2 is 1.52 bits per heavy atom. The van der Waals surface area contributed by atoms with Gasteiger partial charge in [-0.3, -0.25) is 9.59 Å². The van der Waals surface area contributed by atoms with Crippen molar-refractivity contribution in [2.24, 2.45) is 0 Å². The van der Waals surface area contributed by atoms with Gasteiger partial charge in [0.1, 0.15) is 0 Å². The molecule has 0 aliphatic rings. The molecule has 0 aromatic heterocycles. The SMILES string of the molecule is CCC(=O)Nc1ccccc1C(=O)Nc1ccccc1C(C)C. The van der Waals surface area contributed by atoms with Gasteiger partial charge in [0.05, 0.1) is 11.3 Å². The second-order valence-corrected chi connectivity index (χ2v) is 5.64. The Bertz CT molecular complexity index is 708. The number of hydrogen-bond donors (Lipinski definition) is 2. The highest BCUT2D eigenvalue weighted by atomic mass is 16.2. The number of carbonyl (C=O) groups is 2. The summed E-state index contributed by atoms with van der Waals surface area (Å²) in [5, 5.41) is 5.71. The van der Waals surface area contributed by atoms with E-state index in [0.717, 1.165) is 11.3 Å². The van der Waals surface area contributed by atoms with E-state index < -0.39 is 0 Å². The Morgan fingerprint density at radius 1 is 0.913 bits per heavy atom. The molecular weight excluding hydrogens is 288 g/mol. The van der Waals surface area contributed by atoms with Gasteiger partial charge >= 0.3 is 0 Å². The molecule has 0 bridgehead atoms. The molecule has 23 heavy (non-hydrogen) atoms. The lowest BCUT2D eigenvalue weighted by Gasteiger charge is -2.15. The first-order valence-electron chi connectivity index (χ1n) is 7.82. The highest BCUT2D eigenvalue weighted by Crippen LogP contribution is 2.25. The summed E-state index contributed by atoms with van der Waals surface area (Å²) in [6.07, 6.45) is 0.367. The summed E-state index contributed by atoms with van der Waals surface area (Å²) in [5.41, 5.74) is 2.85. The average molecular weight is 310 g/mol. The molecule has 0 atom stereocenters. The summed E-state index contributed by atoms with van der Waals surface area (Å²) in [6.45, 7) is 5.94. The Labute approximate surface area is 136 Å². The number of rotatable bonds is 5. The minimum absolute atomic E-state index is 0.118. The molecule has 120 valence electrons. The molecule has 2 rings (SSSR count). The molecule has 0 aliphatic heterocycles.